The number of likely N-dealkylation sites (tertiary alicyclic amines) is 1. The molecular formula is C18H19ClN2O3. The number of piperidine rings is 1. The largest absolute Gasteiger partial charge is 0.456 e. The summed E-state index contributed by atoms with van der Waals surface area (Å²) in [6.45, 7) is 1.04. The van der Waals surface area contributed by atoms with Crippen LogP contribution in [0.2, 0.25) is 5.02 Å². The maximum Gasteiger partial charge on any atom is 0.321 e. The van der Waals surface area contributed by atoms with Gasteiger partial charge in [-0.1, -0.05) is 23.7 Å². The lowest BCUT2D eigenvalue weighted by Gasteiger charge is -2.30. The van der Waals surface area contributed by atoms with E-state index in [1.807, 2.05) is 12.1 Å². The van der Waals surface area contributed by atoms with Gasteiger partial charge in [0.2, 0.25) is 0 Å². The Kier molecular flexibility index (Phi) is 5.23. The van der Waals surface area contributed by atoms with Crippen molar-refractivity contribution in [2.24, 2.45) is 0 Å². The Morgan fingerprint density at radius 2 is 1.96 bits per heavy atom. The summed E-state index contributed by atoms with van der Waals surface area (Å²) >= 11 is 6.06. The number of rotatable bonds is 3. The number of carbonyl (C=O) groups excluding carboxylic acids is 1. The molecule has 0 saturated carbocycles. The van der Waals surface area contributed by atoms with Crippen molar-refractivity contribution < 1.29 is 14.6 Å². The van der Waals surface area contributed by atoms with Crippen LogP contribution in [-0.4, -0.2) is 35.2 Å². The maximum atomic E-state index is 12.2. The van der Waals surface area contributed by atoms with E-state index in [1.54, 1.807) is 41.3 Å². The molecule has 0 radical (unpaired) electrons. The van der Waals surface area contributed by atoms with Crippen LogP contribution in [0, 0.1) is 0 Å². The van der Waals surface area contributed by atoms with Crippen molar-refractivity contribution in [3.8, 4) is 11.5 Å². The third-order valence-electron chi connectivity index (χ3n) is 3.85. The number of hydrogen-bond donors (Lipinski definition) is 2. The molecule has 1 atom stereocenters. The number of carbonyl (C=O) groups is 1. The molecule has 1 fully saturated rings. The molecule has 24 heavy (non-hydrogen) atoms. The Morgan fingerprint density at radius 1 is 1.21 bits per heavy atom. The van der Waals surface area contributed by atoms with Crippen molar-refractivity contribution in [3.63, 3.8) is 0 Å². The normalized spacial score (nSPS) is 17.4. The number of anilines is 1. The van der Waals surface area contributed by atoms with Gasteiger partial charge in [0.1, 0.15) is 11.5 Å². The Hall–Kier alpha value is -2.24. The van der Waals surface area contributed by atoms with Gasteiger partial charge in [-0.2, -0.15) is 0 Å². The number of urea groups is 1. The molecule has 1 aliphatic heterocycles. The molecule has 5 nitrogen and oxygen atoms in total. The van der Waals surface area contributed by atoms with E-state index in [0.29, 0.717) is 35.3 Å². The van der Waals surface area contributed by atoms with Gasteiger partial charge < -0.3 is 20.1 Å². The van der Waals surface area contributed by atoms with E-state index in [4.69, 9.17) is 16.3 Å². The number of nitrogens with zero attached hydrogens (tertiary/aromatic N) is 1. The number of benzene rings is 2. The standard InChI is InChI=1S/C18H19ClN2O3/c19-16-5-1-2-6-17(16)24-15-9-7-13(8-10-15)20-18(23)21-11-3-4-14(22)12-21/h1-2,5-10,14,22H,3-4,11-12H2,(H,20,23). The van der Waals surface area contributed by atoms with E-state index in [9.17, 15) is 9.90 Å². The predicted octanol–water partition coefficient (Wildman–Crippen LogP) is 4.12. The SMILES string of the molecule is O=C(Nc1ccc(Oc2ccccc2Cl)cc1)N1CCCC(O)C1. The lowest BCUT2D eigenvalue weighted by atomic mass is 10.1. The van der Waals surface area contributed by atoms with Crippen LogP contribution in [-0.2, 0) is 0 Å². The quantitative estimate of drug-likeness (QED) is 0.878. The number of amides is 2. The minimum atomic E-state index is -0.434. The number of halogens is 1. The highest BCUT2D eigenvalue weighted by molar-refractivity contribution is 6.32. The number of aliphatic hydroxyl groups excluding tert-OH is 1. The molecule has 0 bridgehead atoms. The van der Waals surface area contributed by atoms with E-state index in [1.165, 1.54) is 0 Å². The van der Waals surface area contributed by atoms with Crippen molar-refractivity contribution in [1.82, 2.24) is 4.90 Å². The average Bonchev–Trinajstić information content (AvgIpc) is 2.58. The lowest BCUT2D eigenvalue weighted by Crippen LogP contribution is -2.44. The van der Waals surface area contributed by atoms with E-state index in [2.05, 4.69) is 5.32 Å². The van der Waals surface area contributed by atoms with Crippen LogP contribution in [0.5, 0.6) is 11.5 Å². The summed E-state index contributed by atoms with van der Waals surface area (Å²) in [5, 5.41) is 13.0. The van der Waals surface area contributed by atoms with Crippen molar-refractivity contribution in [2.45, 2.75) is 18.9 Å². The predicted molar refractivity (Wildman–Crippen MR) is 93.8 cm³/mol. The summed E-state index contributed by atoms with van der Waals surface area (Å²) in [4.78, 5) is 13.8. The van der Waals surface area contributed by atoms with Gasteiger partial charge in [0.05, 0.1) is 11.1 Å². The van der Waals surface area contributed by atoms with Crippen molar-refractivity contribution >= 4 is 23.3 Å². The van der Waals surface area contributed by atoms with Gasteiger partial charge in [0.25, 0.3) is 0 Å². The Bertz CT molecular complexity index is 706. The van der Waals surface area contributed by atoms with Gasteiger partial charge in [-0.3, -0.25) is 0 Å². The second-order valence-corrected chi connectivity index (χ2v) is 6.14. The van der Waals surface area contributed by atoms with E-state index < -0.39 is 6.10 Å². The number of aliphatic hydroxyl groups is 1. The van der Waals surface area contributed by atoms with Crippen LogP contribution < -0.4 is 10.1 Å². The molecule has 0 spiro atoms. The Morgan fingerprint density at radius 3 is 2.67 bits per heavy atom. The molecular weight excluding hydrogens is 328 g/mol. The van der Waals surface area contributed by atoms with Crippen molar-refractivity contribution in [3.05, 3.63) is 53.6 Å². The number of β-amino-alcohol motifs (C(OH)–C–C–N with tert-alkyl or cyclic N) is 1. The minimum absolute atomic E-state index is 0.200. The van der Waals surface area contributed by atoms with E-state index in [0.717, 1.165) is 12.8 Å². The molecule has 126 valence electrons. The van der Waals surface area contributed by atoms with Crippen LogP contribution in [0.25, 0.3) is 0 Å². The third kappa shape index (κ3) is 4.19. The molecule has 2 N–H and O–H groups in total. The average molecular weight is 347 g/mol. The summed E-state index contributed by atoms with van der Waals surface area (Å²) < 4.78 is 5.71. The highest BCUT2D eigenvalue weighted by Crippen LogP contribution is 2.29. The van der Waals surface area contributed by atoms with Gasteiger partial charge in [-0.25, -0.2) is 4.79 Å². The van der Waals surface area contributed by atoms with Crippen molar-refractivity contribution in [1.29, 1.82) is 0 Å². The molecule has 2 aromatic carbocycles. The molecule has 1 unspecified atom stereocenters. The monoisotopic (exact) mass is 346 g/mol. The topological polar surface area (TPSA) is 61.8 Å². The first kappa shape index (κ1) is 16.6. The van der Waals surface area contributed by atoms with Gasteiger partial charge in [0, 0.05) is 18.8 Å². The summed E-state index contributed by atoms with van der Waals surface area (Å²) in [5.41, 5.74) is 0.673. The Labute approximate surface area is 145 Å². The molecule has 3 rings (SSSR count). The van der Waals surface area contributed by atoms with Crippen LogP contribution in [0.15, 0.2) is 48.5 Å². The molecule has 1 heterocycles. The number of ether oxygens (including phenoxy) is 1. The van der Waals surface area contributed by atoms with Gasteiger partial charge >= 0.3 is 6.03 Å². The highest BCUT2D eigenvalue weighted by atomic mass is 35.5. The maximum absolute atomic E-state index is 12.2. The second kappa shape index (κ2) is 7.55. The first-order valence-corrected chi connectivity index (χ1v) is 8.26. The summed E-state index contributed by atoms with van der Waals surface area (Å²) in [7, 11) is 0. The number of para-hydroxylation sites is 1. The van der Waals surface area contributed by atoms with Crippen LogP contribution in [0.4, 0.5) is 10.5 Å². The Balaban J connectivity index is 1.60. The van der Waals surface area contributed by atoms with Crippen molar-refractivity contribution in [2.75, 3.05) is 18.4 Å². The molecule has 0 aromatic heterocycles. The second-order valence-electron chi connectivity index (χ2n) is 5.73. The molecule has 1 saturated heterocycles. The first-order chi connectivity index (χ1) is 11.6. The van der Waals surface area contributed by atoms with E-state index in [-0.39, 0.29) is 6.03 Å². The van der Waals surface area contributed by atoms with Gasteiger partial charge in [-0.15, -0.1) is 0 Å². The minimum Gasteiger partial charge on any atom is -0.456 e. The zero-order chi connectivity index (χ0) is 16.9. The molecule has 6 heteroatoms. The summed E-state index contributed by atoms with van der Waals surface area (Å²) in [6.07, 6.45) is 1.13. The summed E-state index contributed by atoms with van der Waals surface area (Å²) in [6, 6.07) is 14.1. The van der Waals surface area contributed by atoms with E-state index >= 15 is 0 Å². The zero-order valence-corrected chi connectivity index (χ0v) is 13.9. The van der Waals surface area contributed by atoms with Gasteiger partial charge in [-0.05, 0) is 49.2 Å². The highest BCUT2D eigenvalue weighted by Gasteiger charge is 2.21. The molecule has 1 aliphatic rings. The summed E-state index contributed by atoms with van der Waals surface area (Å²) in [5.74, 6) is 1.22. The van der Waals surface area contributed by atoms with Crippen LogP contribution in [0.3, 0.4) is 0 Å². The first-order valence-electron chi connectivity index (χ1n) is 7.88. The van der Waals surface area contributed by atoms with Crippen LogP contribution in [0.1, 0.15) is 12.8 Å². The fourth-order valence-electron chi connectivity index (χ4n) is 2.60. The smallest absolute Gasteiger partial charge is 0.321 e. The fraction of sp³-hybridized carbons (Fsp3) is 0.278. The zero-order valence-electron chi connectivity index (χ0n) is 13.1. The van der Waals surface area contributed by atoms with Crippen LogP contribution >= 0.6 is 11.6 Å². The lowest BCUT2D eigenvalue weighted by molar-refractivity contribution is 0.0883. The molecule has 2 amide bonds. The third-order valence-corrected chi connectivity index (χ3v) is 4.17. The molecule has 2 aromatic rings. The molecule has 0 aliphatic carbocycles. The number of nitrogens with one attached hydrogen (secondary N) is 1. The number of hydrogen-bond acceptors (Lipinski definition) is 3. The van der Waals surface area contributed by atoms with Gasteiger partial charge in [0.15, 0.2) is 0 Å². The fourth-order valence-corrected chi connectivity index (χ4v) is 2.78.